The van der Waals surface area contributed by atoms with Crippen LogP contribution < -0.4 is 14.8 Å². The van der Waals surface area contributed by atoms with Crippen LogP contribution in [0.25, 0.3) is 0 Å². The van der Waals surface area contributed by atoms with Gasteiger partial charge in [0.2, 0.25) is 11.8 Å². The highest BCUT2D eigenvalue weighted by Gasteiger charge is 2.53. The third-order valence-corrected chi connectivity index (χ3v) is 12.1. The summed E-state index contributed by atoms with van der Waals surface area (Å²) in [6.45, 7) is 0.392. The zero-order valence-corrected chi connectivity index (χ0v) is 28.5. The van der Waals surface area contributed by atoms with Crippen molar-refractivity contribution in [1.82, 2.24) is 10.2 Å². The van der Waals surface area contributed by atoms with E-state index in [-0.39, 0.29) is 43.4 Å². The molecule has 0 aliphatic heterocycles. The number of nitrogens with zero attached hydrogens (tertiary/aromatic N) is 1. The Bertz CT molecular complexity index is 1240. The molecule has 10 heteroatoms. The fourth-order valence-corrected chi connectivity index (χ4v) is 10.5. The zero-order chi connectivity index (χ0) is 31.7. The molecular weight excluding hydrogens is 687 g/mol. The number of halogens is 1. The first-order valence-corrected chi connectivity index (χ1v) is 18.0. The first-order valence-electron chi connectivity index (χ1n) is 16.9. The smallest absolute Gasteiger partial charge is 0.247 e. The molecule has 6 aliphatic carbocycles. The number of carbonyl (C=O) groups is 2. The number of nitrogens with one attached hydrogen (secondary N) is 1. The largest absolute Gasteiger partial charge is 0.493 e. The van der Waals surface area contributed by atoms with E-state index < -0.39 is 18.2 Å². The Balaban J connectivity index is 1.34. The molecule has 5 saturated carbocycles. The number of rotatable bonds is 12. The van der Waals surface area contributed by atoms with Crippen LogP contribution in [0.4, 0.5) is 0 Å². The van der Waals surface area contributed by atoms with Crippen LogP contribution in [-0.2, 0) is 16.2 Å². The van der Waals surface area contributed by atoms with Gasteiger partial charge in [-0.3, -0.25) is 9.59 Å². The molecular formula is C35H49IN2O7. The van der Waals surface area contributed by atoms with Gasteiger partial charge in [-0.05, 0) is 127 Å². The van der Waals surface area contributed by atoms with E-state index in [1.54, 1.807) is 18.2 Å². The van der Waals surface area contributed by atoms with Crippen LogP contribution in [0.1, 0.15) is 82.6 Å². The van der Waals surface area contributed by atoms with Gasteiger partial charge in [-0.1, -0.05) is 12.8 Å². The number of carbonyl (C=O) groups excluding carboxylic acids is 2. The van der Waals surface area contributed by atoms with Gasteiger partial charge in [0.05, 0.1) is 29.9 Å². The maximum absolute atomic E-state index is 14.4. The summed E-state index contributed by atoms with van der Waals surface area (Å²) in [5.41, 5.74) is 1.17. The molecule has 0 unspecified atom stereocenters. The molecule has 0 spiro atoms. The van der Waals surface area contributed by atoms with Crippen molar-refractivity contribution in [2.75, 3.05) is 26.8 Å². The third kappa shape index (κ3) is 7.18. The van der Waals surface area contributed by atoms with Gasteiger partial charge in [0.1, 0.15) is 12.2 Å². The lowest BCUT2D eigenvalue weighted by atomic mass is 9.49. The minimum absolute atomic E-state index is 0.0648. The molecule has 1 aromatic carbocycles. The Morgan fingerprint density at radius 3 is 2.33 bits per heavy atom. The van der Waals surface area contributed by atoms with E-state index in [1.807, 2.05) is 4.90 Å². The van der Waals surface area contributed by atoms with E-state index in [2.05, 4.69) is 27.9 Å². The Hall–Kier alpha value is -1.89. The number of ether oxygens (including phenoxy) is 2. The van der Waals surface area contributed by atoms with Gasteiger partial charge in [-0.25, -0.2) is 0 Å². The lowest BCUT2D eigenvalue weighted by molar-refractivity contribution is -0.148. The first-order chi connectivity index (χ1) is 21.7. The lowest BCUT2D eigenvalue weighted by Gasteiger charge is -2.58. The fraction of sp³-hybridized carbons (Fsp3) is 0.714. The highest BCUT2D eigenvalue weighted by Crippen LogP contribution is 2.60. The third-order valence-electron chi connectivity index (χ3n) is 11.3. The normalized spacial score (nSPS) is 32.3. The summed E-state index contributed by atoms with van der Waals surface area (Å²) >= 11 is 2.12. The average molecular weight is 737 g/mol. The number of methoxy groups -OCH3 is 1. The number of aliphatic hydroxyl groups is 3. The highest BCUT2D eigenvalue weighted by molar-refractivity contribution is 14.1. The van der Waals surface area contributed by atoms with Crippen LogP contribution in [0.2, 0.25) is 0 Å². The molecule has 0 radical (unpaired) electrons. The second-order valence-electron chi connectivity index (χ2n) is 14.6. The van der Waals surface area contributed by atoms with E-state index in [9.17, 15) is 24.9 Å². The van der Waals surface area contributed by atoms with E-state index in [1.165, 1.54) is 26.4 Å². The van der Waals surface area contributed by atoms with E-state index in [0.717, 1.165) is 62.7 Å². The van der Waals surface area contributed by atoms with Crippen molar-refractivity contribution < 1.29 is 34.4 Å². The SMILES string of the molecule is COc1cc(CO)cc(I)c1O[C@H]1C=C(C(=O)NCCO)C[C@@H](N(CC23CC4CC(CC(C4)C2)C3)C(=O)CC2CCCC2)[C@@H]1O. The van der Waals surface area contributed by atoms with Gasteiger partial charge in [0.15, 0.2) is 11.5 Å². The summed E-state index contributed by atoms with van der Waals surface area (Å²) in [6.07, 6.45) is 12.2. The van der Waals surface area contributed by atoms with Gasteiger partial charge < -0.3 is 35.0 Å². The second kappa shape index (κ2) is 14.1. The van der Waals surface area contributed by atoms with Crippen molar-refractivity contribution in [3.05, 3.63) is 32.9 Å². The molecule has 6 aliphatic rings. The summed E-state index contributed by atoms with van der Waals surface area (Å²) in [5.74, 6) is 3.13. The Labute approximate surface area is 280 Å². The minimum Gasteiger partial charge on any atom is -0.493 e. The molecule has 7 rings (SSSR count). The monoisotopic (exact) mass is 736 g/mol. The van der Waals surface area contributed by atoms with Gasteiger partial charge in [-0.2, -0.15) is 0 Å². The van der Waals surface area contributed by atoms with Crippen LogP contribution in [-0.4, -0.2) is 77.1 Å². The van der Waals surface area contributed by atoms with Gasteiger partial charge in [0.25, 0.3) is 0 Å². The van der Waals surface area contributed by atoms with Crippen molar-refractivity contribution in [2.45, 2.75) is 102 Å². The lowest BCUT2D eigenvalue weighted by Crippen LogP contribution is -2.59. The Kier molecular flexibility index (Phi) is 10.3. The van der Waals surface area contributed by atoms with Gasteiger partial charge in [-0.15, -0.1) is 0 Å². The van der Waals surface area contributed by atoms with Crippen LogP contribution in [0.5, 0.6) is 11.5 Å². The van der Waals surface area contributed by atoms with E-state index >= 15 is 0 Å². The topological polar surface area (TPSA) is 129 Å². The molecule has 45 heavy (non-hydrogen) atoms. The number of amides is 2. The van der Waals surface area contributed by atoms with Crippen LogP contribution >= 0.6 is 22.6 Å². The maximum atomic E-state index is 14.4. The summed E-state index contributed by atoms with van der Waals surface area (Å²) in [5, 5.41) is 34.0. The van der Waals surface area contributed by atoms with Gasteiger partial charge >= 0.3 is 0 Å². The van der Waals surface area contributed by atoms with E-state index in [4.69, 9.17) is 9.47 Å². The summed E-state index contributed by atoms with van der Waals surface area (Å²) < 4.78 is 12.8. The van der Waals surface area contributed by atoms with Crippen molar-refractivity contribution in [2.24, 2.45) is 29.1 Å². The van der Waals surface area contributed by atoms with Crippen LogP contribution in [0, 0.1) is 32.7 Å². The molecule has 4 N–H and O–H groups in total. The molecule has 9 nitrogen and oxygen atoms in total. The number of hydrogen-bond acceptors (Lipinski definition) is 7. The predicted octanol–water partition coefficient (Wildman–Crippen LogP) is 4.33. The summed E-state index contributed by atoms with van der Waals surface area (Å²) in [7, 11) is 1.53. The Morgan fingerprint density at radius 2 is 1.73 bits per heavy atom. The number of benzene rings is 1. The van der Waals surface area contributed by atoms with Crippen molar-refractivity contribution in [3.8, 4) is 11.5 Å². The van der Waals surface area contributed by atoms with Gasteiger partial charge in [0, 0.05) is 31.5 Å². The van der Waals surface area contributed by atoms with Crippen molar-refractivity contribution in [3.63, 3.8) is 0 Å². The molecule has 2 amide bonds. The fourth-order valence-electron chi connectivity index (χ4n) is 9.71. The molecule has 5 fully saturated rings. The molecule has 0 aromatic heterocycles. The van der Waals surface area contributed by atoms with Crippen LogP contribution in [0.3, 0.4) is 0 Å². The van der Waals surface area contributed by atoms with Crippen molar-refractivity contribution in [1.29, 1.82) is 0 Å². The molecule has 4 bridgehead atoms. The summed E-state index contributed by atoms with van der Waals surface area (Å²) in [6, 6.07) is 2.87. The quantitative estimate of drug-likeness (QED) is 0.236. The van der Waals surface area contributed by atoms with E-state index in [0.29, 0.717) is 45.1 Å². The maximum Gasteiger partial charge on any atom is 0.247 e. The highest BCUT2D eigenvalue weighted by atomic mass is 127. The number of aliphatic hydroxyl groups excluding tert-OH is 3. The predicted molar refractivity (Wildman–Crippen MR) is 178 cm³/mol. The zero-order valence-electron chi connectivity index (χ0n) is 26.4. The van der Waals surface area contributed by atoms with Crippen molar-refractivity contribution >= 4 is 34.4 Å². The first kappa shape index (κ1) is 33.0. The Morgan fingerprint density at radius 1 is 1.07 bits per heavy atom. The summed E-state index contributed by atoms with van der Waals surface area (Å²) in [4.78, 5) is 29.7. The molecule has 1 aromatic rings. The van der Waals surface area contributed by atoms with Crippen LogP contribution in [0.15, 0.2) is 23.8 Å². The standard InChI is InChI=1S/C35H49IN2O7/c1-44-30-12-25(19-40)11-27(36)33(30)45-29-15-26(34(43)37-6-7-39)14-28(32(29)42)38(31(41)13-21-4-2-3-5-21)20-35-16-22-8-23(17-35)10-24(9-22)18-35/h11-12,15,21-24,28-29,32,39-40,42H,2-10,13-14,16-20H2,1H3,(H,37,43)/t22?,23?,24?,28-,29+,32+,35?/m1/s1. The minimum atomic E-state index is -1.07. The molecule has 248 valence electrons. The second-order valence-corrected chi connectivity index (χ2v) is 15.7. The average Bonchev–Trinajstić information content (AvgIpc) is 3.52. The molecule has 0 heterocycles. The molecule has 3 atom stereocenters. The molecule has 0 saturated heterocycles. The number of hydrogen-bond donors (Lipinski definition) is 4.